The zero-order valence-electron chi connectivity index (χ0n) is 15.1. The van der Waals surface area contributed by atoms with E-state index in [4.69, 9.17) is 9.47 Å². The molecule has 0 radical (unpaired) electrons. The molecule has 0 aromatic heterocycles. The molecule has 134 valence electrons. The molecule has 2 rings (SSSR count). The highest BCUT2D eigenvalue weighted by Crippen LogP contribution is 2.23. The van der Waals surface area contributed by atoms with E-state index in [-0.39, 0.29) is 5.75 Å². The number of hydrogen-bond donors (Lipinski definition) is 1. The molecule has 0 fully saturated rings. The van der Waals surface area contributed by atoms with E-state index in [1.54, 1.807) is 19.4 Å². The lowest BCUT2D eigenvalue weighted by Crippen LogP contribution is -2.21. The average molecular weight is 342 g/mol. The second-order valence-electron chi connectivity index (χ2n) is 5.47. The van der Waals surface area contributed by atoms with E-state index in [0.717, 1.165) is 30.3 Å². The average Bonchev–Trinajstić information content (AvgIpc) is 2.64. The number of benzene rings is 2. The van der Waals surface area contributed by atoms with Crippen molar-refractivity contribution in [3.05, 3.63) is 48.0 Å². The van der Waals surface area contributed by atoms with Crippen LogP contribution in [0.2, 0.25) is 0 Å². The van der Waals surface area contributed by atoms with Gasteiger partial charge >= 0.3 is 0 Å². The quantitative estimate of drug-likeness (QED) is 0.557. The van der Waals surface area contributed by atoms with Gasteiger partial charge in [0, 0.05) is 36.6 Å². The van der Waals surface area contributed by atoms with Gasteiger partial charge in [0.25, 0.3) is 0 Å². The van der Waals surface area contributed by atoms with Gasteiger partial charge in [-0.15, -0.1) is 0 Å². The Bertz CT molecular complexity index is 680. The Kier molecular flexibility index (Phi) is 7.14. The summed E-state index contributed by atoms with van der Waals surface area (Å²) in [6.07, 6.45) is 1.68. The molecule has 2 aromatic carbocycles. The first-order chi connectivity index (χ1) is 12.2. The number of ether oxygens (including phenoxy) is 2. The summed E-state index contributed by atoms with van der Waals surface area (Å²) in [5.41, 5.74) is 1.72. The minimum absolute atomic E-state index is 0.240. The summed E-state index contributed by atoms with van der Waals surface area (Å²) in [5, 5.41) is 10.2. The van der Waals surface area contributed by atoms with Crippen LogP contribution in [-0.4, -0.2) is 44.7 Å². The fourth-order valence-corrected chi connectivity index (χ4v) is 2.48. The molecule has 25 heavy (non-hydrogen) atoms. The summed E-state index contributed by atoms with van der Waals surface area (Å²) in [6, 6.07) is 13.1. The third kappa shape index (κ3) is 5.41. The second kappa shape index (κ2) is 9.57. The first-order valence-electron chi connectivity index (χ1n) is 8.52. The molecular weight excluding hydrogens is 316 g/mol. The molecule has 0 aliphatic rings. The predicted molar refractivity (Wildman–Crippen MR) is 103 cm³/mol. The molecule has 2 aromatic rings. The van der Waals surface area contributed by atoms with Crippen LogP contribution in [0.5, 0.6) is 17.2 Å². The largest absolute Gasteiger partial charge is 0.507 e. The van der Waals surface area contributed by atoms with Gasteiger partial charge in [-0.05, 0) is 50.2 Å². The van der Waals surface area contributed by atoms with Gasteiger partial charge in [0.2, 0.25) is 0 Å². The van der Waals surface area contributed by atoms with Crippen LogP contribution in [0.4, 0.5) is 5.69 Å². The maximum atomic E-state index is 10.2. The second-order valence-corrected chi connectivity index (χ2v) is 5.47. The van der Waals surface area contributed by atoms with Gasteiger partial charge in [0.1, 0.15) is 23.9 Å². The minimum atomic E-state index is 0.240. The molecule has 5 nitrogen and oxygen atoms in total. The number of phenolic OH excluding ortho intramolecular Hbond substituents is 1. The molecule has 0 spiro atoms. The van der Waals surface area contributed by atoms with Crippen LogP contribution in [0.1, 0.15) is 19.4 Å². The number of anilines is 1. The fourth-order valence-electron chi connectivity index (χ4n) is 2.48. The standard InChI is InChI=1S/C20H26N2O3/c1-4-22(5-2)17-7-6-16(20(23)14-17)15-21-12-13-25-19-10-8-18(24-3)9-11-19/h6-11,14-15,23H,4-5,12-13H2,1-3H3. The van der Waals surface area contributed by atoms with Gasteiger partial charge in [-0.1, -0.05) is 0 Å². The third-order valence-corrected chi connectivity index (χ3v) is 3.92. The van der Waals surface area contributed by atoms with E-state index >= 15 is 0 Å². The molecule has 1 N–H and O–H groups in total. The van der Waals surface area contributed by atoms with Crippen LogP contribution in [-0.2, 0) is 0 Å². The normalized spacial score (nSPS) is 10.8. The van der Waals surface area contributed by atoms with Crippen LogP contribution in [0, 0.1) is 0 Å². The molecule has 0 saturated carbocycles. The topological polar surface area (TPSA) is 54.3 Å². The van der Waals surface area contributed by atoms with Crippen LogP contribution in [0.25, 0.3) is 0 Å². The van der Waals surface area contributed by atoms with Gasteiger partial charge in [0.05, 0.1) is 13.7 Å². The monoisotopic (exact) mass is 342 g/mol. The van der Waals surface area contributed by atoms with E-state index in [1.807, 2.05) is 36.4 Å². The van der Waals surface area contributed by atoms with Gasteiger partial charge in [0.15, 0.2) is 0 Å². The molecule has 0 atom stereocenters. The van der Waals surface area contributed by atoms with Crippen molar-refractivity contribution < 1.29 is 14.6 Å². The van der Waals surface area contributed by atoms with E-state index in [1.165, 1.54) is 0 Å². The number of phenols is 1. The maximum absolute atomic E-state index is 10.2. The maximum Gasteiger partial charge on any atom is 0.126 e. The number of hydrogen-bond acceptors (Lipinski definition) is 5. The van der Waals surface area contributed by atoms with Crippen LogP contribution >= 0.6 is 0 Å². The number of aliphatic imine (C=N–C) groups is 1. The lowest BCUT2D eigenvalue weighted by molar-refractivity contribution is 0.328. The van der Waals surface area contributed by atoms with Gasteiger partial charge in [-0.2, -0.15) is 0 Å². The Labute approximate surface area is 149 Å². The van der Waals surface area contributed by atoms with Crippen LogP contribution in [0.3, 0.4) is 0 Å². The Hall–Kier alpha value is -2.69. The Balaban J connectivity index is 1.85. The molecule has 0 amide bonds. The summed E-state index contributed by atoms with van der Waals surface area (Å²) < 4.78 is 10.7. The minimum Gasteiger partial charge on any atom is -0.507 e. The number of nitrogens with zero attached hydrogens (tertiary/aromatic N) is 2. The lowest BCUT2D eigenvalue weighted by atomic mass is 10.2. The third-order valence-electron chi connectivity index (χ3n) is 3.92. The van der Waals surface area contributed by atoms with Crippen molar-refractivity contribution in [3.63, 3.8) is 0 Å². The first-order valence-corrected chi connectivity index (χ1v) is 8.52. The molecule has 5 heteroatoms. The molecule has 0 heterocycles. The smallest absolute Gasteiger partial charge is 0.126 e. The van der Waals surface area contributed by atoms with Crippen LogP contribution in [0.15, 0.2) is 47.5 Å². The predicted octanol–water partition coefficient (Wildman–Crippen LogP) is 3.74. The Morgan fingerprint density at radius 1 is 1.04 bits per heavy atom. The highest BCUT2D eigenvalue weighted by molar-refractivity contribution is 5.84. The van der Waals surface area contributed by atoms with Crippen molar-refractivity contribution in [2.45, 2.75) is 13.8 Å². The van der Waals surface area contributed by atoms with Gasteiger partial charge in [-0.25, -0.2) is 0 Å². The summed E-state index contributed by atoms with van der Waals surface area (Å²) in [5.74, 6) is 1.82. The number of rotatable bonds is 9. The molecule has 0 saturated heterocycles. The molecule has 0 unspecified atom stereocenters. The lowest BCUT2D eigenvalue weighted by Gasteiger charge is -2.21. The van der Waals surface area contributed by atoms with E-state index in [0.29, 0.717) is 18.7 Å². The van der Waals surface area contributed by atoms with E-state index in [2.05, 4.69) is 23.7 Å². The zero-order chi connectivity index (χ0) is 18.1. The fraction of sp³-hybridized carbons (Fsp3) is 0.350. The number of aromatic hydroxyl groups is 1. The van der Waals surface area contributed by atoms with Crippen LogP contribution < -0.4 is 14.4 Å². The molecule has 0 bridgehead atoms. The van der Waals surface area contributed by atoms with Crippen molar-refractivity contribution in [3.8, 4) is 17.2 Å². The van der Waals surface area contributed by atoms with E-state index in [9.17, 15) is 5.11 Å². The molecule has 0 aliphatic heterocycles. The van der Waals surface area contributed by atoms with E-state index < -0.39 is 0 Å². The summed E-state index contributed by atoms with van der Waals surface area (Å²) in [7, 11) is 1.63. The van der Waals surface area contributed by atoms with Crippen molar-refractivity contribution in [2.75, 3.05) is 38.3 Å². The first kappa shape index (κ1) is 18.6. The van der Waals surface area contributed by atoms with Crippen molar-refractivity contribution >= 4 is 11.9 Å². The summed E-state index contributed by atoms with van der Waals surface area (Å²) in [4.78, 5) is 6.50. The SMILES string of the molecule is CCN(CC)c1ccc(C=NCCOc2ccc(OC)cc2)c(O)c1. The van der Waals surface area contributed by atoms with Gasteiger partial charge in [-0.3, -0.25) is 4.99 Å². The zero-order valence-corrected chi connectivity index (χ0v) is 15.1. The van der Waals surface area contributed by atoms with Crippen molar-refractivity contribution in [1.82, 2.24) is 0 Å². The summed E-state index contributed by atoms with van der Waals surface area (Å²) >= 11 is 0. The molecular formula is C20H26N2O3. The highest BCUT2D eigenvalue weighted by atomic mass is 16.5. The highest BCUT2D eigenvalue weighted by Gasteiger charge is 2.05. The Morgan fingerprint density at radius 2 is 1.72 bits per heavy atom. The van der Waals surface area contributed by atoms with Gasteiger partial charge < -0.3 is 19.5 Å². The number of methoxy groups -OCH3 is 1. The Morgan fingerprint density at radius 3 is 2.32 bits per heavy atom. The molecule has 0 aliphatic carbocycles. The van der Waals surface area contributed by atoms with Crippen molar-refractivity contribution in [1.29, 1.82) is 0 Å². The summed E-state index contributed by atoms with van der Waals surface area (Å²) in [6.45, 7) is 7.00. The van der Waals surface area contributed by atoms with Crippen molar-refractivity contribution in [2.24, 2.45) is 4.99 Å².